The van der Waals surface area contributed by atoms with Crippen LogP contribution >= 0.6 is 7.60 Å². The lowest BCUT2D eigenvalue weighted by molar-refractivity contribution is -0.111. The molecule has 5 heteroatoms. The normalized spacial score (nSPS) is 13.4. The van der Waals surface area contributed by atoms with Gasteiger partial charge >= 0.3 is 7.60 Å². The van der Waals surface area contributed by atoms with E-state index in [0.29, 0.717) is 0 Å². The summed E-state index contributed by atoms with van der Waals surface area (Å²) in [6.45, 7) is 17.0. The lowest BCUT2D eigenvalue weighted by atomic mass is 9.99. The third kappa shape index (κ3) is 7.66. The van der Waals surface area contributed by atoms with Crippen LogP contribution in [-0.4, -0.2) is 18.7 Å². The molecular formula is C14H27O4P. The highest BCUT2D eigenvalue weighted by Crippen LogP contribution is 2.52. The van der Waals surface area contributed by atoms with Crippen LogP contribution in [0.25, 0.3) is 0 Å². The van der Waals surface area contributed by atoms with Crippen molar-refractivity contribution in [1.82, 2.24) is 0 Å². The van der Waals surface area contributed by atoms with Crippen molar-refractivity contribution in [3.63, 3.8) is 0 Å². The minimum atomic E-state index is -3.80. The van der Waals surface area contributed by atoms with Crippen molar-refractivity contribution in [3.05, 3.63) is 12.2 Å². The number of rotatable bonds is 6. The maximum absolute atomic E-state index is 12.6. The predicted octanol–water partition coefficient (Wildman–Crippen LogP) is 4.41. The summed E-state index contributed by atoms with van der Waals surface area (Å²) in [5.74, 6) is 0. The molecule has 0 saturated carbocycles. The molecule has 0 N–H and O–H groups in total. The highest BCUT2D eigenvalue weighted by Gasteiger charge is 2.37. The topological polar surface area (TPSA) is 52.6 Å². The number of hydrogen-bond donors (Lipinski definition) is 0. The lowest BCUT2D eigenvalue weighted by Gasteiger charge is -2.26. The third-order valence-electron chi connectivity index (χ3n) is 1.95. The Labute approximate surface area is 117 Å². The van der Waals surface area contributed by atoms with Crippen LogP contribution in [-0.2, 0) is 18.4 Å². The van der Waals surface area contributed by atoms with Crippen molar-refractivity contribution in [2.45, 2.75) is 48.5 Å². The molecule has 0 amide bonds. The van der Waals surface area contributed by atoms with E-state index in [0.717, 1.165) is 0 Å². The van der Waals surface area contributed by atoms with E-state index in [9.17, 15) is 9.36 Å². The van der Waals surface area contributed by atoms with E-state index in [1.807, 2.05) is 41.5 Å². The molecule has 4 nitrogen and oxygen atoms in total. The quantitative estimate of drug-likeness (QED) is 0.537. The summed E-state index contributed by atoms with van der Waals surface area (Å²) < 4.78 is 23.3. The van der Waals surface area contributed by atoms with E-state index in [1.54, 1.807) is 0 Å². The summed E-state index contributed by atoms with van der Waals surface area (Å²) in [6.07, 6.45) is 0. The number of carbonyl (C=O) groups excluding carboxylic acids is 1. The van der Waals surface area contributed by atoms with Crippen LogP contribution < -0.4 is 0 Å². The van der Waals surface area contributed by atoms with Crippen LogP contribution in [0.2, 0.25) is 0 Å². The second-order valence-electron chi connectivity index (χ2n) is 7.25. The molecule has 0 heterocycles. The van der Waals surface area contributed by atoms with Gasteiger partial charge in [0.25, 0.3) is 5.52 Å². The number of carbonyl (C=O) groups is 1. The Balaban J connectivity index is 4.99. The predicted molar refractivity (Wildman–Crippen MR) is 78.2 cm³/mol. The van der Waals surface area contributed by atoms with Crippen molar-refractivity contribution < 1.29 is 18.4 Å². The summed E-state index contributed by atoms with van der Waals surface area (Å²) in [6, 6.07) is 0. The Bertz CT molecular complexity index is 363. The molecule has 0 aromatic rings. The van der Waals surface area contributed by atoms with Gasteiger partial charge in [0.2, 0.25) is 0 Å². The van der Waals surface area contributed by atoms with Gasteiger partial charge in [0.15, 0.2) is 0 Å². The summed E-state index contributed by atoms with van der Waals surface area (Å²) in [4.78, 5) is 12.0. The van der Waals surface area contributed by atoms with Crippen molar-refractivity contribution >= 4 is 13.1 Å². The van der Waals surface area contributed by atoms with Crippen LogP contribution in [0.15, 0.2) is 12.2 Å². The minimum absolute atomic E-state index is 0.186. The van der Waals surface area contributed by atoms with Gasteiger partial charge in [-0.05, 0) is 23.3 Å². The van der Waals surface area contributed by atoms with Gasteiger partial charge in [-0.2, -0.15) is 0 Å². The Hall–Kier alpha value is -0.440. The van der Waals surface area contributed by atoms with Gasteiger partial charge in [0.1, 0.15) is 0 Å². The molecular weight excluding hydrogens is 263 g/mol. The highest BCUT2D eigenvalue weighted by atomic mass is 31.2. The molecule has 0 fully saturated rings. The summed E-state index contributed by atoms with van der Waals surface area (Å²) in [7, 11) is -3.80. The molecule has 0 unspecified atom stereocenters. The van der Waals surface area contributed by atoms with E-state index < -0.39 is 13.1 Å². The fraction of sp³-hybridized carbons (Fsp3) is 0.786. The first-order valence-electron chi connectivity index (χ1n) is 6.36. The first kappa shape index (κ1) is 18.6. The molecule has 19 heavy (non-hydrogen) atoms. The Kier molecular flexibility index (Phi) is 6.19. The second-order valence-corrected chi connectivity index (χ2v) is 9.17. The van der Waals surface area contributed by atoms with Gasteiger partial charge in [0.05, 0.1) is 13.2 Å². The summed E-state index contributed by atoms with van der Waals surface area (Å²) in [5.41, 5.74) is -0.848. The van der Waals surface area contributed by atoms with E-state index in [4.69, 9.17) is 9.05 Å². The molecule has 0 rings (SSSR count). The number of allylic oxidation sites excluding steroid dienone is 1. The summed E-state index contributed by atoms with van der Waals surface area (Å²) >= 11 is 0. The van der Waals surface area contributed by atoms with Crippen molar-refractivity contribution in [3.8, 4) is 0 Å². The molecule has 0 aliphatic heterocycles. The largest absolute Gasteiger partial charge is 0.401 e. The maximum Gasteiger partial charge on any atom is 0.401 e. The van der Waals surface area contributed by atoms with Gasteiger partial charge in [0, 0.05) is 0 Å². The zero-order valence-corrected chi connectivity index (χ0v) is 14.1. The standard InChI is InChI=1S/C14H27O4P/c1-11(2)12(15)19(16,17-9-13(3,4)5)18-10-14(6,7)8/h1,9-10H2,2-8H3. The smallest absolute Gasteiger partial charge is 0.302 e. The fourth-order valence-electron chi connectivity index (χ4n) is 0.946. The first-order valence-corrected chi connectivity index (χ1v) is 7.91. The van der Waals surface area contributed by atoms with Crippen LogP contribution in [0.3, 0.4) is 0 Å². The van der Waals surface area contributed by atoms with Crippen molar-refractivity contribution in [1.29, 1.82) is 0 Å². The molecule has 0 aliphatic carbocycles. The van der Waals surface area contributed by atoms with Gasteiger partial charge in [-0.25, -0.2) is 0 Å². The second kappa shape index (κ2) is 6.34. The van der Waals surface area contributed by atoms with Gasteiger partial charge in [-0.1, -0.05) is 48.1 Å². The monoisotopic (exact) mass is 290 g/mol. The maximum atomic E-state index is 12.6. The third-order valence-corrected chi connectivity index (χ3v) is 3.77. The summed E-state index contributed by atoms with van der Waals surface area (Å²) in [5, 5.41) is 0. The van der Waals surface area contributed by atoms with Gasteiger partial charge in [-0.15, -0.1) is 0 Å². The average Bonchev–Trinajstić information content (AvgIpc) is 2.20. The Morgan fingerprint density at radius 1 is 1.00 bits per heavy atom. The molecule has 0 aliphatic rings. The zero-order valence-electron chi connectivity index (χ0n) is 13.2. The molecule has 0 aromatic carbocycles. The SMILES string of the molecule is C=C(C)C(=O)P(=O)(OCC(C)(C)C)OCC(C)(C)C. The van der Waals surface area contributed by atoms with Crippen LogP contribution in [0.1, 0.15) is 48.5 Å². The lowest BCUT2D eigenvalue weighted by Crippen LogP contribution is -2.20. The van der Waals surface area contributed by atoms with Crippen molar-refractivity contribution in [2.75, 3.05) is 13.2 Å². The van der Waals surface area contributed by atoms with E-state index in [1.165, 1.54) is 6.92 Å². The zero-order chi connectivity index (χ0) is 15.5. The Morgan fingerprint density at radius 2 is 1.32 bits per heavy atom. The van der Waals surface area contributed by atoms with Crippen LogP contribution in [0, 0.1) is 10.8 Å². The minimum Gasteiger partial charge on any atom is -0.302 e. The Morgan fingerprint density at radius 3 is 1.53 bits per heavy atom. The molecule has 0 spiro atoms. The first-order chi connectivity index (χ1) is 8.27. The van der Waals surface area contributed by atoms with E-state index in [-0.39, 0.29) is 29.6 Å². The highest BCUT2D eigenvalue weighted by molar-refractivity contribution is 7.72. The average molecular weight is 290 g/mol. The molecule has 0 radical (unpaired) electrons. The fourth-order valence-corrected chi connectivity index (χ4v) is 2.84. The molecule has 0 bridgehead atoms. The van der Waals surface area contributed by atoms with Crippen LogP contribution in [0.4, 0.5) is 0 Å². The van der Waals surface area contributed by atoms with E-state index in [2.05, 4.69) is 6.58 Å². The van der Waals surface area contributed by atoms with Gasteiger partial charge in [-0.3, -0.25) is 9.36 Å². The van der Waals surface area contributed by atoms with E-state index >= 15 is 0 Å². The molecule has 0 atom stereocenters. The van der Waals surface area contributed by atoms with Crippen molar-refractivity contribution in [2.24, 2.45) is 10.8 Å². The molecule has 0 aromatic heterocycles. The molecule has 112 valence electrons. The van der Waals surface area contributed by atoms with Crippen LogP contribution in [0.5, 0.6) is 0 Å². The van der Waals surface area contributed by atoms with Gasteiger partial charge < -0.3 is 9.05 Å². The number of hydrogen-bond acceptors (Lipinski definition) is 4. The molecule has 0 saturated heterocycles.